The van der Waals surface area contributed by atoms with E-state index in [4.69, 9.17) is 17.3 Å². The van der Waals surface area contributed by atoms with Crippen LogP contribution in [0.4, 0.5) is 5.82 Å². The van der Waals surface area contributed by atoms with Gasteiger partial charge in [0.25, 0.3) is 0 Å². The molecule has 0 atom stereocenters. The smallest absolute Gasteiger partial charge is 0.190 e. The number of nitrogens with two attached hydrogens (primary N) is 1. The molecule has 4 heterocycles. The second-order valence-electron chi connectivity index (χ2n) is 7.69. The highest BCUT2D eigenvalue weighted by atomic mass is 35.5. The van der Waals surface area contributed by atoms with Gasteiger partial charge in [-0.2, -0.15) is 9.78 Å². The van der Waals surface area contributed by atoms with Crippen LogP contribution >= 0.6 is 11.6 Å². The summed E-state index contributed by atoms with van der Waals surface area (Å²) in [5.74, 6) is 0.855. The van der Waals surface area contributed by atoms with Crippen LogP contribution in [0.5, 0.6) is 0 Å². The normalized spacial score (nSPS) is 14.8. The van der Waals surface area contributed by atoms with E-state index in [0.717, 1.165) is 48.3 Å². The standard InChI is InChI=1S/C21H22ClN9/c1-13-2-3-16(22)9-19(13)31-21(27-28-29-31)18-8-14(10-25-20(18)23)15-11-26-30(12-15)17-4-6-24-7-5-17/h2-3,8-12,17,24H,4-7H2,1H3,(H2,23,25). The van der Waals surface area contributed by atoms with Crippen molar-refractivity contribution >= 4 is 17.4 Å². The first-order valence-electron chi connectivity index (χ1n) is 10.2. The van der Waals surface area contributed by atoms with E-state index in [1.807, 2.05) is 42.1 Å². The minimum Gasteiger partial charge on any atom is -0.383 e. The molecule has 3 aromatic heterocycles. The SMILES string of the molecule is Cc1ccc(Cl)cc1-n1nnnc1-c1cc(-c2cnn(C3CCNCC3)c2)cnc1N. The number of anilines is 1. The third-order valence-electron chi connectivity index (χ3n) is 5.65. The van der Waals surface area contributed by atoms with Crippen molar-refractivity contribution < 1.29 is 0 Å². The quantitative estimate of drug-likeness (QED) is 0.506. The van der Waals surface area contributed by atoms with Crippen LogP contribution in [0.1, 0.15) is 24.4 Å². The number of aromatic nitrogens is 7. The van der Waals surface area contributed by atoms with Crippen molar-refractivity contribution in [3.05, 3.63) is 53.4 Å². The monoisotopic (exact) mass is 435 g/mol. The van der Waals surface area contributed by atoms with E-state index in [9.17, 15) is 0 Å². The van der Waals surface area contributed by atoms with Gasteiger partial charge in [-0.15, -0.1) is 5.10 Å². The number of hydrogen-bond donors (Lipinski definition) is 2. The molecule has 9 nitrogen and oxygen atoms in total. The van der Waals surface area contributed by atoms with Crippen LogP contribution < -0.4 is 11.1 Å². The number of nitrogen functional groups attached to an aromatic ring is 1. The Balaban J connectivity index is 1.53. The van der Waals surface area contributed by atoms with E-state index in [2.05, 4.69) is 37.1 Å². The summed E-state index contributed by atoms with van der Waals surface area (Å²) < 4.78 is 3.68. The Bertz CT molecular complexity index is 1220. The fourth-order valence-electron chi connectivity index (χ4n) is 3.90. The first-order valence-corrected chi connectivity index (χ1v) is 10.5. The van der Waals surface area contributed by atoms with Crippen molar-refractivity contribution in [2.75, 3.05) is 18.8 Å². The van der Waals surface area contributed by atoms with Crippen LogP contribution in [0.3, 0.4) is 0 Å². The van der Waals surface area contributed by atoms with Crippen molar-refractivity contribution in [3.63, 3.8) is 0 Å². The average molecular weight is 436 g/mol. The number of hydrogen-bond acceptors (Lipinski definition) is 7. The van der Waals surface area contributed by atoms with Gasteiger partial charge < -0.3 is 11.1 Å². The Morgan fingerprint density at radius 2 is 1.97 bits per heavy atom. The van der Waals surface area contributed by atoms with Crippen LogP contribution in [-0.2, 0) is 0 Å². The van der Waals surface area contributed by atoms with Crippen molar-refractivity contribution in [2.45, 2.75) is 25.8 Å². The molecular formula is C21H22ClN9. The summed E-state index contributed by atoms with van der Waals surface area (Å²) >= 11 is 6.20. The van der Waals surface area contributed by atoms with Crippen molar-refractivity contribution in [2.24, 2.45) is 0 Å². The molecule has 0 saturated carbocycles. The van der Waals surface area contributed by atoms with Gasteiger partial charge in [0, 0.05) is 28.5 Å². The highest BCUT2D eigenvalue weighted by Crippen LogP contribution is 2.31. The Morgan fingerprint density at radius 1 is 1.13 bits per heavy atom. The van der Waals surface area contributed by atoms with Crippen LogP contribution in [0.15, 0.2) is 42.9 Å². The van der Waals surface area contributed by atoms with Gasteiger partial charge in [-0.25, -0.2) is 4.98 Å². The van der Waals surface area contributed by atoms with E-state index in [1.54, 1.807) is 10.9 Å². The minimum atomic E-state index is 0.352. The highest BCUT2D eigenvalue weighted by molar-refractivity contribution is 6.30. The summed E-state index contributed by atoms with van der Waals surface area (Å²) in [5.41, 5.74) is 10.5. The topological polar surface area (TPSA) is 112 Å². The number of nitrogens with one attached hydrogen (secondary N) is 1. The molecule has 0 amide bonds. The molecule has 1 aliphatic heterocycles. The maximum absolute atomic E-state index is 6.22. The molecule has 4 aromatic rings. The lowest BCUT2D eigenvalue weighted by molar-refractivity contribution is 0.343. The molecule has 10 heteroatoms. The summed E-state index contributed by atoms with van der Waals surface area (Å²) in [6, 6.07) is 7.95. The molecule has 3 N–H and O–H groups in total. The number of piperidine rings is 1. The lowest BCUT2D eigenvalue weighted by Crippen LogP contribution is -2.29. The van der Waals surface area contributed by atoms with E-state index >= 15 is 0 Å². The van der Waals surface area contributed by atoms with E-state index < -0.39 is 0 Å². The number of tetrazole rings is 1. The maximum Gasteiger partial charge on any atom is 0.190 e. The third-order valence-corrected chi connectivity index (χ3v) is 5.88. The van der Waals surface area contributed by atoms with E-state index in [1.165, 1.54) is 0 Å². The fourth-order valence-corrected chi connectivity index (χ4v) is 4.06. The van der Waals surface area contributed by atoms with E-state index in [0.29, 0.717) is 28.3 Å². The Morgan fingerprint density at radius 3 is 2.81 bits per heavy atom. The maximum atomic E-state index is 6.22. The number of nitrogens with zero attached hydrogens (tertiary/aromatic N) is 7. The average Bonchev–Trinajstić information content (AvgIpc) is 3.47. The Kier molecular flexibility index (Phi) is 5.13. The number of aryl methyl sites for hydroxylation is 1. The largest absolute Gasteiger partial charge is 0.383 e. The molecule has 0 bridgehead atoms. The van der Waals surface area contributed by atoms with Crippen LogP contribution in [0.25, 0.3) is 28.2 Å². The number of benzene rings is 1. The highest BCUT2D eigenvalue weighted by Gasteiger charge is 2.19. The Hall–Kier alpha value is -3.30. The van der Waals surface area contributed by atoms with E-state index in [-0.39, 0.29) is 0 Å². The molecule has 0 spiro atoms. The van der Waals surface area contributed by atoms with Crippen LogP contribution in [-0.4, -0.2) is 48.1 Å². The number of pyridine rings is 1. The van der Waals surface area contributed by atoms with Gasteiger partial charge in [-0.3, -0.25) is 4.68 Å². The summed E-state index contributed by atoms with van der Waals surface area (Å²) in [7, 11) is 0. The number of halogens is 1. The van der Waals surface area contributed by atoms with Gasteiger partial charge in [0.05, 0.1) is 23.5 Å². The van der Waals surface area contributed by atoms with Gasteiger partial charge in [-0.1, -0.05) is 17.7 Å². The van der Waals surface area contributed by atoms with Gasteiger partial charge in [0.15, 0.2) is 5.82 Å². The summed E-state index contributed by atoms with van der Waals surface area (Å²) in [4.78, 5) is 4.40. The van der Waals surface area contributed by atoms with Crippen molar-refractivity contribution in [1.29, 1.82) is 0 Å². The zero-order valence-corrected chi connectivity index (χ0v) is 17.8. The predicted octanol–water partition coefficient (Wildman–Crippen LogP) is 3.06. The zero-order chi connectivity index (χ0) is 21.4. The molecule has 1 aromatic carbocycles. The molecule has 1 saturated heterocycles. The molecule has 5 rings (SSSR count). The Labute approximate surface area is 184 Å². The van der Waals surface area contributed by atoms with Crippen LogP contribution in [0.2, 0.25) is 5.02 Å². The third kappa shape index (κ3) is 3.77. The molecule has 1 fully saturated rings. The second kappa shape index (κ2) is 8.09. The summed E-state index contributed by atoms with van der Waals surface area (Å²) in [6.07, 6.45) is 7.82. The molecule has 31 heavy (non-hydrogen) atoms. The van der Waals surface area contributed by atoms with Crippen LogP contribution in [0, 0.1) is 6.92 Å². The fraction of sp³-hybridized carbons (Fsp3) is 0.286. The lowest BCUT2D eigenvalue weighted by Gasteiger charge is -2.22. The first kappa shape index (κ1) is 19.7. The van der Waals surface area contributed by atoms with Gasteiger partial charge >= 0.3 is 0 Å². The van der Waals surface area contributed by atoms with Gasteiger partial charge in [0.2, 0.25) is 0 Å². The number of rotatable bonds is 4. The molecule has 0 aliphatic carbocycles. The predicted molar refractivity (Wildman–Crippen MR) is 119 cm³/mol. The molecule has 158 valence electrons. The summed E-state index contributed by atoms with van der Waals surface area (Å²) in [5, 5.41) is 20.8. The molecule has 1 aliphatic rings. The molecule has 0 radical (unpaired) electrons. The second-order valence-corrected chi connectivity index (χ2v) is 8.13. The molecule has 0 unspecified atom stereocenters. The minimum absolute atomic E-state index is 0.352. The van der Waals surface area contributed by atoms with Crippen molar-refractivity contribution in [3.8, 4) is 28.2 Å². The van der Waals surface area contributed by atoms with Gasteiger partial charge in [-0.05, 0) is 67.0 Å². The molecular weight excluding hydrogens is 414 g/mol. The lowest BCUT2D eigenvalue weighted by atomic mass is 10.1. The summed E-state index contributed by atoms with van der Waals surface area (Å²) in [6.45, 7) is 4.00. The van der Waals surface area contributed by atoms with Gasteiger partial charge in [0.1, 0.15) is 5.82 Å². The zero-order valence-electron chi connectivity index (χ0n) is 17.0. The first-order chi connectivity index (χ1) is 15.1. The van der Waals surface area contributed by atoms with Crippen molar-refractivity contribution in [1.82, 2.24) is 40.3 Å².